The second-order valence-corrected chi connectivity index (χ2v) is 3.91. The normalized spacial score (nSPS) is 12.9. The standard InChI is InChI=1S/C12H12FNO2/c1-6(12(15)16)11-7(2)14-10-4-3-8(13)5-9(10)11/h3-6,14H,1-2H3,(H,15,16). The lowest BCUT2D eigenvalue weighted by molar-refractivity contribution is -0.138. The third-order valence-electron chi connectivity index (χ3n) is 2.80. The van der Waals surface area contributed by atoms with Crippen molar-refractivity contribution >= 4 is 16.9 Å². The number of fused-ring (bicyclic) bond motifs is 1. The number of rotatable bonds is 2. The molecule has 16 heavy (non-hydrogen) atoms. The molecule has 0 bridgehead atoms. The first-order valence-electron chi connectivity index (χ1n) is 5.01. The van der Waals surface area contributed by atoms with Crippen LogP contribution in [0, 0.1) is 12.7 Å². The molecule has 1 atom stereocenters. The summed E-state index contributed by atoms with van der Waals surface area (Å²) in [4.78, 5) is 14.0. The van der Waals surface area contributed by atoms with Crippen LogP contribution in [0.4, 0.5) is 4.39 Å². The lowest BCUT2D eigenvalue weighted by Crippen LogP contribution is -2.08. The number of hydrogen-bond acceptors (Lipinski definition) is 1. The minimum absolute atomic E-state index is 0.356. The summed E-state index contributed by atoms with van der Waals surface area (Å²) in [6, 6.07) is 4.34. The number of carboxylic acids is 1. The minimum Gasteiger partial charge on any atom is -0.481 e. The first kappa shape index (κ1) is 10.7. The van der Waals surface area contributed by atoms with Gasteiger partial charge in [-0.2, -0.15) is 0 Å². The number of nitrogens with one attached hydrogen (secondary N) is 1. The van der Waals surface area contributed by atoms with Crippen molar-refractivity contribution in [3.8, 4) is 0 Å². The fourth-order valence-electron chi connectivity index (χ4n) is 2.00. The molecule has 84 valence electrons. The van der Waals surface area contributed by atoms with Crippen LogP contribution in [-0.2, 0) is 4.79 Å². The molecule has 1 aromatic heterocycles. The van der Waals surface area contributed by atoms with Gasteiger partial charge in [0.1, 0.15) is 5.82 Å². The van der Waals surface area contributed by atoms with Crippen LogP contribution in [0.15, 0.2) is 18.2 Å². The van der Waals surface area contributed by atoms with Crippen LogP contribution in [0.1, 0.15) is 24.1 Å². The maximum absolute atomic E-state index is 13.1. The summed E-state index contributed by atoms with van der Waals surface area (Å²) in [7, 11) is 0. The van der Waals surface area contributed by atoms with Gasteiger partial charge < -0.3 is 10.1 Å². The van der Waals surface area contributed by atoms with Gasteiger partial charge in [0.2, 0.25) is 0 Å². The molecule has 1 unspecified atom stereocenters. The number of carboxylic acid groups (broad SMARTS) is 1. The molecule has 0 spiro atoms. The highest BCUT2D eigenvalue weighted by Gasteiger charge is 2.20. The molecule has 0 radical (unpaired) electrons. The molecular weight excluding hydrogens is 209 g/mol. The monoisotopic (exact) mass is 221 g/mol. The summed E-state index contributed by atoms with van der Waals surface area (Å²) < 4.78 is 13.1. The summed E-state index contributed by atoms with van der Waals surface area (Å²) in [5.41, 5.74) is 2.19. The van der Waals surface area contributed by atoms with E-state index in [0.717, 1.165) is 11.2 Å². The zero-order chi connectivity index (χ0) is 11.9. The molecular formula is C12H12FNO2. The number of H-pyrrole nitrogens is 1. The van der Waals surface area contributed by atoms with Gasteiger partial charge in [0.15, 0.2) is 0 Å². The Morgan fingerprint density at radius 2 is 2.19 bits per heavy atom. The number of benzene rings is 1. The Balaban J connectivity index is 2.72. The topological polar surface area (TPSA) is 53.1 Å². The van der Waals surface area contributed by atoms with E-state index in [1.807, 2.05) is 0 Å². The Morgan fingerprint density at radius 3 is 2.81 bits per heavy atom. The first-order valence-corrected chi connectivity index (χ1v) is 5.01. The summed E-state index contributed by atoms with van der Waals surface area (Å²) in [5, 5.41) is 9.65. The average Bonchev–Trinajstić information content (AvgIpc) is 2.52. The molecule has 0 fully saturated rings. The van der Waals surface area contributed by atoms with E-state index in [0.29, 0.717) is 10.9 Å². The van der Waals surface area contributed by atoms with Gasteiger partial charge in [-0.25, -0.2) is 4.39 Å². The summed E-state index contributed by atoms with van der Waals surface area (Å²) in [6.07, 6.45) is 0. The number of halogens is 1. The van der Waals surface area contributed by atoms with Crippen LogP contribution in [0.3, 0.4) is 0 Å². The highest BCUT2D eigenvalue weighted by Crippen LogP contribution is 2.29. The number of carbonyl (C=O) groups is 1. The molecule has 2 N–H and O–H groups in total. The average molecular weight is 221 g/mol. The number of hydrogen-bond donors (Lipinski definition) is 2. The zero-order valence-electron chi connectivity index (χ0n) is 9.04. The van der Waals surface area contributed by atoms with Crippen LogP contribution in [0.5, 0.6) is 0 Å². The quantitative estimate of drug-likeness (QED) is 0.819. The summed E-state index contributed by atoms with van der Waals surface area (Å²) in [6.45, 7) is 3.40. The van der Waals surface area contributed by atoms with Gasteiger partial charge >= 0.3 is 5.97 Å². The Kier molecular flexibility index (Phi) is 2.42. The maximum atomic E-state index is 13.1. The van der Waals surface area contributed by atoms with Gasteiger partial charge in [-0.05, 0) is 37.6 Å². The summed E-state index contributed by atoms with van der Waals surface area (Å²) >= 11 is 0. The van der Waals surface area contributed by atoms with Gasteiger partial charge in [-0.3, -0.25) is 4.79 Å². The lowest BCUT2D eigenvalue weighted by Gasteiger charge is -2.06. The van der Waals surface area contributed by atoms with E-state index in [1.165, 1.54) is 12.1 Å². The number of aromatic amines is 1. The second kappa shape index (κ2) is 3.63. The van der Waals surface area contributed by atoms with E-state index in [4.69, 9.17) is 5.11 Å². The Bertz CT molecular complexity index is 559. The molecule has 3 nitrogen and oxygen atoms in total. The van der Waals surface area contributed by atoms with E-state index in [-0.39, 0.29) is 5.82 Å². The molecule has 0 saturated carbocycles. The third kappa shape index (κ3) is 1.56. The third-order valence-corrected chi connectivity index (χ3v) is 2.80. The number of aliphatic carboxylic acids is 1. The van der Waals surface area contributed by atoms with Crippen molar-refractivity contribution in [2.24, 2.45) is 0 Å². The van der Waals surface area contributed by atoms with Crippen molar-refractivity contribution in [1.82, 2.24) is 4.98 Å². The fourth-order valence-corrected chi connectivity index (χ4v) is 2.00. The molecule has 0 aliphatic carbocycles. The van der Waals surface area contributed by atoms with Gasteiger partial charge in [0.25, 0.3) is 0 Å². The van der Waals surface area contributed by atoms with Gasteiger partial charge in [0.05, 0.1) is 5.92 Å². The highest BCUT2D eigenvalue weighted by atomic mass is 19.1. The molecule has 0 aliphatic heterocycles. The van der Waals surface area contributed by atoms with Crippen LogP contribution in [0.25, 0.3) is 10.9 Å². The fraction of sp³-hybridized carbons (Fsp3) is 0.250. The van der Waals surface area contributed by atoms with Crippen molar-refractivity contribution in [1.29, 1.82) is 0 Å². The van der Waals surface area contributed by atoms with Crippen LogP contribution < -0.4 is 0 Å². The van der Waals surface area contributed by atoms with Crippen molar-refractivity contribution in [3.05, 3.63) is 35.3 Å². The maximum Gasteiger partial charge on any atom is 0.310 e. The molecule has 0 saturated heterocycles. The summed E-state index contributed by atoms with van der Waals surface area (Å²) in [5.74, 6) is -1.91. The van der Waals surface area contributed by atoms with Crippen molar-refractivity contribution in [2.75, 3.05) is 0 Å². The van der Waals surface area contributed by atoms with Gasteiger partial charge in [-0.15, -0.1) is 0 Å². The molecule has 2 rings (SSSR count). The largest absolute Gasteiger partial charge is 0.481 e. The molecule has 1 aromatic carbocycles. The number of aromatic nitrogens is 1. The van der Waals surface area contributed by atoms with Crippen molar-refractivity contribution in [2.45, 2.75) is 19.8 Å². The Morgan fingerprint density at radius 1 is 1.50 bits per heavy atom. The molecule has 0 aliphatic rings. The van der Waals surface area contributed by atoms with E-state index in [2.05, 4.69) is 4.98 Å². The van der Waals surface area contributed by atoms with Crippen molar-refractivity contribution in [3.63, 3.8) is 0 Å². The molecule has 2 aromatic rings. The Hall–Kier alpha value is -1.84. The molecule has 0 amide bonds. The van der Waals surface area contributed by atoms with Crippen molar-refractivity contribution < 1.29 is 14.3 Å². The van der Waals surface area contributed by atoms with E-state index < -0.39 is 11.9 Å². The lowest BCUT2D eigenvalue weighted by atomic mass is 9.98. The van der Waals surface area contributed by atoms with Gasteiger partial charge in [-0.1, -0.05) is 0 Å². The van der Waals surface area contributed by atoms with Gasteiger partial charge in [0, 0.05) is 16.6 Å². The minimum atomic E-state index is -0.909. The molecule has 4 heteroatoms. The van der Waals surface area contributed by atoms with E-state index in [9.17, 15) is 9.18 Å². The van der Waals surface area contributed by atoms with E-state index >= 15 is 0 Å². The molecule has 1 heterocycles. The number of aryl methyl sites for hydroxylation is 1. The highest BCUT2D eigenvalue weighted by molar-refractivity contribution is 5.90. The SMILES string of the molecule is Cc1[nH]c2ccc(F)cc2c1C(C)C(=O)O. The predicted octanol–water partition coefficient (Wildman–Crippen LogP) is 2.80. The van der Waals surface area contributed by atoms with Crippen LogP contribution in [0.2, 0.25) is 0 Å². The van der Waals surface area contributed by atoms with E-state index in [1.54, 1.807) is 19.9 Å². The Labute approximate surface area is 91.9 Å². The second-order valence-electron chi connectivity index (χ2n) is 3.91. The smallest absolute Gasteiger partial charge is 0.310 e. The van der Waals surface area contributed by atoms with Crippen LogP contribution >= 0.6 is 0 Å². The van der Waals surface area contributed by atoms with Crippen LogP contribution in [-0.4, -0.2) is 16.1 Å². The predicted molar refractivity (Wildman–Crippen MR) is 59.0 cm³/mol. The zero-order valence-corrected chi connectivity index (χ0v) is 9.04. The first-order chi connectivity index (χ1) is 7.50.